The number of piperidine rings is 1. The van der Waals surface area contributed by atoms with Gasteiger partial charge in [0.1, 0.15) is 0 Å². The number of ether oxygens (including phenoxy) is 2. The maximum absolute atomic E-state index is 12.6. The lowest BCUT2D eigenvalue weighted by molar-refractivity contribution is -0.152. The number of nitrogens with zero attached hydrogens (tertiary/aromatic N) is 2. The van der Waals surface area contributed by atoms with Gasteiger partial charge in [0.15, 0.2) is 6.10 Å². The molecule has 2 fully saturated rings. The average Bonchev–Trinajstić information content (AvgIpc) is 3.19. The van der Waals surface area contributed by atoms with Gasteiger partial charge in [0, 0.05) is 31.7 Å². The molecule has 8 nitrogen and oxygen atoms in total. The Morgan fingerprint density at radius 1 is 1.10 bits per heavy atom. The molecule has 2 aliphatic heterocycles. The smallest absolute Gasteiger partial charge is 0.338 e. The second-order valence-corrected chi connectivity index (χ2v) is 7.59. The molecule has 0 spiro atoms. The topological polar surface area (TPSA) is 93.2 Å². The Balaban J connectivity index is 1.51. The molecule has 30 heavy (non-hydrogen) atoms. The zero-order valence-electron chi connectivity index (χ0n) is 17.5. The molecule has 0 radical (unpaired) electrons. The van der Waals surface area contributed by atoms with E-state index in [0.717, 1.165) is 12.1 Å². The van der Waals surface area contributed by atoms with Crippen molar-refractivity contribution in [2.24, 2.45) is 5.92 Å². The van der Waals surface area contributed by atoms with Gasteiger partial charge in [-0.25, -0.2) is 4.79 Å². The first-order valence-corrected chi connectivity index (χ1v) is 10.5. The van der Waals surface area contributed by atoms with Crippen LogP contribution in [0, 0.1) is 5.92 Å². The summed E-state index contributed by atoms with van der Waals surface area (Å²) in [6.07, 6.45) is 1.54. The number of likely N-dealkylation sites (tertiary alicyclic amines) is 1. The van der Waals surface area contributed by atoms with Crippen LogP contribution in [0.15, 0.2) is 24.3 Å². The standard InChI is InChI=1S/C22H28N2O6/c1-3-29-21(27)17-10-13-23(14-11-17)20(26)15(2)30-22(28)16-6-8-18(9-7-16)24-12-4-5-19(24)25/h6-9,15,17H,3-5,10-14H2,1-2H3/t15-/m0/s1. The van der Waals surface area contributed by atoms with Crippen LogP contribution in [0.2, 0.25) is 0 Å². The van der Waals surface area contributed by atoms with Gasteiger partial charge in [-0.05, 0) is 57.4 Å². The van der Waals surface area contributed by atoms with E-state index in [4.69, 9.17) is 9.47 Å². The molecule has 2 saturated heterocycles. The summed E-state index contributed by atoms with van der Waals surface area (Å²) in [7, 11) is 0. The van der Waals surface area contributed by atoms with Crippen molar-refractivity contribution in [3.8, 4) is 0 Å². The second kappa shape index (κ2) is 9.73. The summed E-state index contributed by atoms with van der Waals surface area (Å²) < 4.78 is 10.4. The quantitative estimate of drug-likeness (QED) is 0.660. The Labute approximate surface area is 176 Å². The van der Waals surface area contributed by atoms with Crippen LogP contribution >= 0.6 is 0 Å². The van der Waals surface area contributed by atoms with E-state index < -0.39 is 12.1 Å². The molecule has 8 heteroatoms. The van der Waals surface area contributed by atoms with E-state index >= 15 is 0 Å². The first-order chi connectivity index (χ1) is 14.4. The molecule has 162 valence electrons. The third kappa shape index (κ3) is 4.98. The van der Waals surface area contributed by atoms with Crippen LogP contribution in [0.4, 0.5) is 5.69 Å². The van der Waals surface area contributed by atoms with Crippen LogP contribution in [0.25, 0.3) is 0 Å². The summed E-state index contributed by atoms with van der Waals surface area (Å²) in [5.74, 6) is -1.19. The van der Waals surface area contributed by atoms with E-state index in [1.54, 1.807) is 47.9 Å². The molecule has 0 N–H and O–H groups in total. The van der Waals surface area contributed by atoms with E-state index in [1.165, 1.54) is 0 Å². The molecule has 0 saturated carbocycles. The monoisotopic (exact) mass is 416 g/mol. The lowest BCUT2D eigenvalue weighted by Crippen LogP contribution is -2.45. The van der Waals surface area contributed by atoms with E-state index in [-0.39, 0.29) is 23.7 Å². The minimum absolute atomic E-state index is 0.0799. The first kappa shape index (κ1) is 21.8. The minimum atomic E-state index is -0.920. The Hall–Kier alpha value is -2.90. The number of carbonyl (C=O) groups excluding carboxylic acids is 4. The van der Waals surface area contributed by atoms with Gasteiger partial charge < -0.3 is 19.3 Å². The third-order valence-electron chi connectivity index (χ3n) is 5.55. The second-order valence-electron chi connectivity index (χ2n) is 7.59. The highest BCUT2D eigenvalue weighted by Gasteiger charge is 2.31. The Morgan fingerprint density at radius 3 is 2.33 bits per heavy atom. The molecular formula is C22H28N2O6. The van der Waals surface area contributed by atoms with Gasteiger partial charge in [-0.2, -0.15) is 0 Å². The van der Waals surface area contributed by atoms with Gasteiger partial charge in [0.05, 0.1) is 18.1 Å². The Morgan fingerprint density at radius 2 is 1.77 bits per heavy atom. The molecule has 0 unspecified atom stereocenters. The number of rotatable bonds is 6. The van der Waals surface area contributed by atoms with Crippen LogP contribution in [-0.4, -0.2) is 61.0 Å². The number of hydrogen-bond acceptors (Lipinski definition) is 6. The molecule has 1 aromatic carbocycles. The van der Waals surface area contributed by atoms with Crippen LogP contribution in [0.1, 0.15) is 49.9 Å². The van der Waals surface area contributed by atoms with Crippen LogP contribution < -0.4 is 4.90 Å². The van der Waals surface area contributed by atoms with Crippen molar-refractivity contribution >= 4 is 29.4 Å². The minimum Gasteiger partial charge on any atom is -0.466 e. The number of anilines is 1. The lowest BCUT2D eigenvalue weighted by atomic mass is 9.97. The summed E-state index contributed by atoms with van der Waals surface area (Å²) in [4.78, 5) is 52.0. The van der Waals surface area contributed by atoms with E-state index in [0.29, 0.717) is 51.1 Å². The highest BCUT2D eigenvalue weighted by Crippen LogP contribution is 2.23. The van der Waals surface area contributed by atoms with Gasteiger partial charge in [-0.15, -0.1) is 0 Å². The maximum Gasteiger partial charge on any atom is 0.338 e. The SMILES string of the molecule is CCOC(=O)C1CCN(C(=O)[C@H](C)OC(=O)c2ccc(N3CCCC3=O)cc2)CC1. The van der Waals surface area contributed by atoms with Gasteiger partial charge in [-0.1, -0.05) is 0 Å². The van der Waals surface area contributed by atoms with Crippen molar-refractivity contribution < 1.29 is 28.7 Å². The van der Waals surface area contributed by atoms with Crippen LogP contribution in [0.3, 0.4) is 0 Å². The summed E-state index contributed by atoms with van der Waals surface area (Å²) in [6.45, 7) is 5.22. The maximum atomic E-state index is 12.6. The normalized spacial score (nSPS) is 18.3. The predicted octanol–water partition coefficient (Wildman–Crippen LogP) is 2.16. The number of benzene rings is 1. The number of esters is 2. The lowest BCUT2D eigenvalue weighted by Gasteiger charge is -2.32. The summed E-state index contributed by atoms with van der Waals surface area (Å²) in [5, 5.41) is 0. The molecule has 0 bridgehead atoms. The largest absolute Gasteiger partial charge is 0.466 e. The van der Waals surface area contributed by atoms with E-state index in [2.05, 4.69) is 0 Å². The highest BCUT2D eigenvalue weighted by molar-refractivity contribution is 5.96. The number of hydrogen-bond donors (Lipinski definition) is 0. The van der Waals surface area contributed by atoms with Crippen LogP contribution in [-0.2, 0) is 23.9 Å². The zero-order valence-corrected chi connectivity index (χ0v) is 17.5. The summed E-state index contributed by atoms with van der Waals surface area (Å²) in [5.41, 5.74) is 1.08. The Kier molecular flexibility index (Phi) is 7.07. The molecule has 3 rings (SSSR count). The average molecular weight is 416 g/mol. The molecule has 1 atom stereocenters. The van der Waals surface area contributed by atoms with Crippen molar-refractivity contribution in [1.29, 1.82) is 0 Å². The molecule has 0 aromatic heterocycles. The summed E-state index contributed by atoms with van der Waals surface area (Å²) in [6, 6.07) is 6.63. The predicted molar refractivity (Wildman–Crippen MR) is 109 cm³/mol. The Bertz CT molecular complexity index is 798. The van der Waals surface area contributed by atoms with Crippen molar-refractivity contribution in [3.63, 3.8) is 0 Å². The molecule has 0 aliphatic carbocycles. The van der Waals surface area contributed by atoms with Crippen LogP contribution in [0.5, 0.6) is 0 Å². The highest BCUT2D eigenvalue weighted by atomic mass is 16.5. The first-order valence-electron chi connectivity index (χ1n) is 10.5. The third-order valence-corrected chi connectivity index (χ3v) is 5.55. The molecule has 2 amide bonds. The van der Waals surface area contributed by atoms with Crippen molar-refractivity contribution in [2.75, 3.05) is 31.1 Å². The van der Waals surface area contributed by atoms with Crippen molar-refractivity contribution in [3.05, 3.63) is 29.8 Å². The summed E-state index contributed by atoms with van der Waals surface area (Å²) >= 11 is 0. The fraction of sp³-hybridized carbons (Fsp3) is 0.545. The fourth-order valence-corrected chi connectivity index (χ4v) is 3.83. The molecular weight excluding hydrogens is 388 g/mol. The van der Waals surface area contributed by atoms with E-state index in [9.17, 15) is 19.2 Å². The van der Waals surface area contributed by atoms with Crippen molar-refractivity contribution in [1.82, 2.24) is 4.90 Å². The number of carbonyl (C=O) groups is 4. The number of amides is 2. The van der Waals surface area contributed by atoms with Gasteiger partial charge in [0.2, 0.25) is 5.91 Å². The molecule has 2 aliphatic rings. The van der Waals surface area contributed by atoms with Gasteiger partial charge in [0.25, 0.3) is 5.91 Å². The van der Waals surface area contributed by atoms with Gasteiger partial charge in [-0.3, -0.25) is 14.4 Å². The van der Waals surface area contributed by atoms with Crippen molar-refractivity contribution in [2.45, 2.75) is 45.6 Å². The fourth-order valence-electron chi connectivity index (χ4n) is 3.83. The van der Waals surface area contributed by atoms with Gasteiger partial charge >= 0.3 is 11.9 Å². The zero-order chi connectivity index (χ0) is 21.7. The molecule has 2 heterocycles. The molecule has 1 aromatic rings. The van der Waals surface area contributed by atoms with E-state index in [1.807, 2.05) is 0 Å².